The van der Waals surface area contributed by atoms with Gasteiger partial charge >= 0.3 is 0 Å². The van der Waals surface area contributed by atoms with Crippen LogP contribution in [-0.4, -0.2) is 21.8 Å². The lowest BCUT2D eigenvalue weighted by Crippen LogP contribution is -2.30. The van der Waals surface area contributed by atoms with Gasteiger partial charge in [0.1, 0.15) is 5.01 Å². The Balaban J connectivity index is 2.05. The van der Waals surface area contributed by atoms with Gasteiger partial charge in [-0.1, -0.05) is 13.8 Å². The summed E-state index contributed by atoms with van der Waals surface area (Å²) in [6.07, 6.45) is 4.06. The minimum Gasteiger partial charge on any atom is -0.312 e. The zero-order valence-corrected chi connectivity index (χ0v) is 12.7. The Morgan fingerprint density at radius 3 is 2.89 bits per heavy atom. The third-order valence-corrected chi connectivity index (χ3v) is 5.07. The van der Waals surface area contributed by atoms with Gasteiger partial charge in [-0.3, -0.25) is 4.68 Å². The second-order valence-electron chi connectivity index (χ2n) is 6.06. The van der Waals surface area contributed by atoms with E-state index >= 15 is 0 Å². The maximum absolute atomic E-state index is 4.87. The molecule has 19 heavy (non-hydrogen) atoms. The number of nitrogens with zero attached hydrogens (tertiary/aromatic N) is 3. The Hall–Kier alpha value is -1.20. The van der Waals surface area contributed by atoms with E-state index in [-0.39, 0.29) is 0 Å². The van der Waals surface area contributed by atoms with Gasteiger partial charge in [0, 0.05) is 24.2 Å². The summed E-state index contributed by atoms with van der Waals surface area (Å²) in [5.41, 5.74) is 2.68. The molecule has 0 aliphatic heterocycles. The molecular formula is C14H20N4S. The van der Waals surface area contributed by atoms with Crippen molar-refractivity contribution in [1.29, 1.82) is 0 Å². The number of hydrogen-bond acceptors (Lipinski definition) is 4. The van der Waals surface area contributed by atoms with Crippen molar-refractivity contribution in [3.05, 3.63) is 22.8 Å². The number of hydrogen-bond donors (Lipinski definition) is 1. The van der Waals surface area contributed by atoms with Gasteiger partial charge in [-0.15, -0.1) is 11.3 Å². The molecule has 0 fully saturated rings. The molecule has 3 rings (SSSR count). The lowest BCUT2D eigenvalue weighted by Gasteiger charge is -2.34. The number of aryl methyl sites for hydroxylation is 1. The highest BCUT2D eigenvalue weighted by molar-refractivity contribution is 7.15. The second kappa shape index (κ2) is 4.42. The first-order valence-corrected chi connectivity index (χ1v) is 7.47. The molecule has 0 radical (unpaired) electrons. The first-order chi connectivity index (χ1) is 9.00. The Kier molecular flexibility index (Phi) is 2.98. The molecule has 2 aromatic rings. The summed E-state index contributed by atoms with van der Waals surface area (Å²) in [6, 6.07) is 2.46. The predicted molar refractivity (Wildman–Crippen MR) is 78.2 cm³/mol. The van der Waals surface area contributed by atoms with Crippen LogP contribution in [0.15, 0.2) is 12.3 Å². The minimum atomic E-state index is 0.318. The molecule has 0 saturated carbocycles. The monoisotopic (exact) mass is 276 g/mol. The smallest absolute Gasteiger partial charge is 0.142 e. The third-order valence-electron chi connectivity index (χ3n) is 3.84. The van der Waals surface area contributed by atoms with Crippen LogP contribution < -0.4 is 5.32 Å². The summed E-state index contributed by atoms with van der Waals surface area (Å²) < 4.78 is 1.89. The number of rotatable bonds is 2. The van der Waals surface area contributed by atoms with Gasteiger partial charge in [-0.05, 0) is 31.4 Å². The average molecular weight is 276 g/mol. The summed E-state index contributed by atoms with van der Waals surface area (Å²) in [7, 11) is 4.01. The molecule has 0 amide bonds. The Morgan fingerprint density at radius 1 is 1.47 bits per heavy atom. The molecule has 0 spiro atoms. The van der Waals surface area contributed by atoms with Crippen LogP contribution in [0.3, 0.4) is 0 Å². The summed E-state index contributed by atoms with van der Waals surface area (Å²) in [5, 5.41) is 8.76. The van der Waals surface area contributed by atoms with Crippen LogP contribution in [0.25, 0.3) is 10.7 Å². The highest BCUT2D eigenvalue weighted by atomic mass is 32.1. The topological polar surface area (TPSA) is 42.7 Å². The van der Waals surface area contributed by atoms with E-state index in [9.17, 15) is 0 Å². The molecule has 1 atom stereocenters. The number of thiazole rings is 1. The van der Waals surface area contributed by atoms with Gasteiger partial charge < -0.3 is 5.32 Å². The maximum Gasteiger partial charge on any atom is 0.142 e. The van der Waals surface area contributed by atoms with Crippen LogP contribution in [0.1, 0.15) is 36.9 Å². The molecular weight excluding hydrogens is 256 g/mol. The van der Waals surface area contributed by atoms with Crippen LogP contribution >= 0.6 is 11.3 Å². The lowest BCUT2D eigenvalue weighted by atomic mass is 9.76. The first-order valence-electron chi connectivity index (χ1n) is 6.65. The third kappa shape index (κ3) is 2.21. The van der Waals surface area contributed by atoms with Crippen molar-refractivity contribution in [1.82, 2.24) is 20.1 Å². The molecule has 0 bridgehead atoms. The Labute approximate surface area is 117 Å². The van der Waals surface area contributed by atoms with E-state index in [1.165, 1.54) is 17.0 Å². The van der Waals surface area contributed by atoms with Crippen LogP contribution in [0.4, 0.5) is 0 Å². The van der Waals surface area contributed by atoms with Gasteiger partial charge in [-0.25, -0.2) is 4.98 Å². The summed E-state index contributed by atoms with van der Waals surface area (Å²) in [6.45, 7) is 4.65. The SMILES string of the molecule is CNC1CC(C)(C)Cc2nc(-c3ccnn3C)sc21. The van der Waals surface area contributed by atoms with Crippen molar-refractivity contribution < 1.29 is 0 Å². The van der Waals surface area contributed by atoms with Crippen LogP contribution in [0, 0.1) is 5.41 Å². The fourth-order valence-corrected chi connectivity index (χ4v) is 4.11. The zero-order valence-electron chi connectivity index (χ0n) is 11.9. The van der Waals surface area contributed by atoms with E-state index < -0.39 is 0 Å². The van der Waals surface area contributed by atoms with Gasteiger partial charge in [0.25, 0.3) is 0 Å². The standard InChI is InChI=1S/C14H20N4S/c1-14(2)7-9(15-3)12-10(8-14)17-13(19-12)11-5-6-16-18(11)4/h5-6,9,15H,7-8H2,1-4H3. The van der Waals surface area contributed by atoms with E-state index in [1.807, 2.05) is 31.0 Å². The van der Waals surface area contributed by atoms with Gasteiger partial charge in [0.15, 0.2) is 0 Å². The average Bonchev–Trinajstić information content (AvgIpc) is 2.92. The Morgan fingerprint density at radius 2 is 2.26 bits per heavy atom. The maximum atomic E-state index is 4.87. The molecule has 1 unspecified atom stereocenters. The van der Waals surface area contributed by atoms with Crippen molar-refractivity contribution in [2.75, 3.05) is 7.05 Å². The van der Waals surface area contributed by atoms with E-state index in [0.29, 0.717) is 11.5 Å². The molecule has 102 valence electrons. The van der Waals surface area contributed by atoms with Crippen molar-refractivity contribution in [2.45, 2.75) is 32.7 Å². The van der Waals surface area contributed by atoms with E-state index in [2.05, 4.69) is 24.3 Å². The van der Waals surface area contributed by atoms with Crippen LogP contribution in [0.5, 0.6) is 0 Å². The van der Waals surface area contributed by atoms with Crippen molar-refractivity contribution >= 4 is 11.3 Å². The van der Waals surface area contributed by atoms with Crippen molar-refractivity contribution in [3.63, 3.8) is 0 Å². The first kappa shape index (κ1) is 12.8. The zero-order chi connectivity index (χ0) is 13.6. The summed E-state index contributed by atoms with van der Waals surface area (Å²) in [4.78, 5) is 6.27. The second-order valence-corrected chi connectivity index (χ2v) is 7.09. The fourth-order valence-electron chi connectivity index (χ4n) is 2.86. The molecule has 1 N–H and O–H groups in total. The molecule has 2 heterocycles. The van der Waals surface area contributed by atoms with Crippen LogP contribution in [-0.2, 0) is 13.5 Å². The van der Waals surface area contributed by atoms with Gasteiger partial charge in [-0.2, -0.15) is 5.10 Å². The fraction of sp³-hybridized carbons (Fsp3) is 0.571. The molecule has 1 aliphatic carbocycles. The van der Waals surface area contributed by atoms with Gasteiger partial charge in [0.05, 0.1) is 11.4 Å². The molecule has 5 heteroatoms. The molecule has 4 nitrogen and oxygen atoms in total. The highest BCUT2D eigenvalue weighted by Crippen LogP contribution is 2.44. The van der Waals surface area contributed by atoms with E-state index in [0.717, 1.165) is 17.1 Å². The highest BCUT2D eigenvalue weighted by Gasteiger charge is 2.34. The predicted octanol–water partition coefficient (Wildman–Crippen LogP) is 2.78. The largest absolute Gasteiger partial charge is 0.312 e. The molecule has 2 aromatic heterocycles. The lowest BCUT2D eigenvalue weighted by molar-refractivity contribution is 0.265. The van der Waals surface area contributed by atoms with Crippen molar-refractivity contribution in [2.24, 2.45) is 12.5 Å². The van der Waals surface area contributed by atoms with E-state index in [1.54, 1.807) is 11.3 Å². The summed E-state index contributed by atoms with van der Waals surface area (Å²) in [5.74, 6) is 0. The number of fused-ring (bicyclic) bond motifs is 1. The molecule has 1 aliphatic rings. The normalized spacial score (nSPS) is 21.4. The summed E-state index contributed by atoms with van der Waals surface area (Å²) >= 11 is 1.81. The Bertz CT molecular complexity index is 596. The van der Waals surface area contributed by atoms with E-state index in [4.69, 9.17) is 4.98 Å². The van der Waals surface area contributed by atoms with Crippen LogP contribution in [0.2, 0.25) is 0 Å². The molecule has 0 saturated heterocycles. The number of nitrogens with one attached hydrogen (secondary N) is 1. The molecule has 0 aromatic carbocycles. The number of aromatic nitrogens is 3. The van der Waals surface area contributed by atoms with Gasteiger partial charge in [0.2, 0.25) is 0 Å². The quantitative estimate of drug-likeness (QED) is 0.917. The van der Waals surface area contributed by atoms with Crippen molar-refractivity contribution in [3.8, 4) is 10.7 Å². The minimum absolute atomic E-state index is 0.318.